The Balaban J connectivity index is 1.34. The number of amides is 1. The van der Waals surface area contributed by atoms with Gasteiger partial charge in [-0.05, 0) is 57.9 Å². The third kappa shape index (κ3) is 5.11. The summed E-state index contributed by atoms with van der Waals surface area (Å²) >= 11 is 9.33. The molecule has 0 aliphatic carbocycles. The average molecular weight is 487 g/mol. The number of carbonyl (C=O) groups is 1. The summed E-state index contributed by atoms with van der Waals surface area (Å²) in [5.41, 5.74) is 1.64. The second-order valence-electron chi connectivity index (χ2n) is 6.49. The average Bonchev–Trinajstić information content (AvgIpc) is 3.39. The molecular formula is C22H17BrClN3O3. The highest BCUT2D eigenvalue weighted by Crippen LogP contribution is 2.25. The van der Waals surface area contributed by atoms with Gasteiger partial charge in [0.15, 0.2) is 5.76 Å². The molecule has 30 heavy (non-hydrogen) atoms. The highest BCUT2D eigenvalue weighted by molar-refractivity contribution is 9.10. The zero-order valence-corrected chi connectivity index (χ0v) is 18.1. The van der Waals surface area contributed by atoms with E-state index in [4.69, 9.17) is 20.8 Å². The number of hydrogen-bond acceptors (Lipinski definition) is 4. The lowest BCUT2D eigenvalue weighted by Crippen LogP contribution is -2.10. The van der Waals surface area contributed by atoms with Crippen molar-refractivity contribution in [3.8, 4) is 5.75 Å². The fourth-order valence-electron chi connectivity index (χ4n) is 2.77. The molecule has 2 heterocycles. The topological polar surface area (TPSA) is 69.3 Å². The minimum Gasteiger partial charge on any atom is -0.484 e. The van der Waals surface area contributed by atoms with Crippen molar-refractivity contribution in [2.45, 2.75) is 13.2 Å². The van der Waals surface area contributed by atoms with Crippen LogP contribution in [0.3, 0.4) is 0 Å². The summed E-state index contributed by atoms with van der Waals surface area (Å²) < 4.78 is 13.9. The number of ether oxygens (including phenoxy) is 1. The van der Waals surface area contributed by atoms with Crippen molar-refractivity contribution in [3.63, 3.8) is 0 Å². The maximum absolute atomic E-state index is 12.5. The maximum atomic E-state index is 12.5. The SMILES string of the molecule is O=C(Nc1cnn(Cc2ccc(Cl)cc2)c1)c1ccc(COc2ccccc2Br)o1. The van der Waals surface area contributed by atoms with Gasteiger partial charge in [-0.15, -0.1) is 0 Å². The molecule has 0 saturated carbocycles. The van der Waals surface area contributed by atoms with E-state index in [-0.39, 0.29) is 18.3 Å². The number of hydrogen-bond donors (Lipinski definition) is 1. The van der Waals surface area contributed by atoms with E-state index in [1.807, 2.05) is 48.5 Å². The number of halogens is 2. The third-order valence-electron chi connectivity index (χ3n) is 4.24. The summed E-state index contributed by atoms with van der Waals surface area (Å²) in [5, 5.41) is 7.74. The van der Waals surface area contributed by atoms with Crippen LogP contribution in [0.2, 0.25) is 5.02 Å². The van der Waals surface area contributed by atoms with E-state index >= 15 is 0 Å². The molecule has 1 amide bonds. The van der Waals surface area contributed by atoms with Gasteiger partial charge >= 0.3 is 0 Å². The van der Waals surface area contributed by atoms with Crippen LogP contribution in [-0.4, -0.2) is 15.7 Å². The smallest absolute Gasteiger partial charge is 0.291 e. The molecule has 4 rings (SSSR count). The molecule has 2 aromatic heterocycles. The van der Waals surface area contributed by atoms with E-state index in [1.54, 1.807) is 29.2 Å². The number of aromatic nitrogens is 2. The molecular weight excluding hydrogens is 470 g/mol. The normalized spacial score (nSPS) is 10.7. The molecule has 152 valence electrons. The third-order valence-corrected chi connectivity index (χ3v) is 5.15. The summed E-state index contributed by atoms with van der Waals surface area (Å²) in [7, 11) is 0. The Morgan fingerprint density at radius 1 is 1.13 bits per heavy atom. The number of carbonyl (C=O) groups excluding carboxylic acids is 1. The predicted molar refractivity (Wildman–Crippen MR) is 118 cm³/mol. The lowest BCUT2D eigenvalue weighted by molar-refractivity contribution is 0.0992. The first-order chi connectivity index (χ1) is 14.6. The molecule has 0 aliphatic rings. The first-order valence-corrected chi connectivity index (χ1v) is 10.3. The van der Waals surface area contributed by atoms with E-state index in [2.05, 4.69) is 26.3 Å². The van der Waals surface area contributed by atoms with Gasteiger partial charge in [0.2, 0.25) is 0 Å². The van der Waals surface area contributed by atoms with Crippen molar-refractivity contribution in [3.05, 3.63) is 99.6 Å². The predicted octanol–water partition coefficient (Wildman–Crippen LogP) is 5.77. The zero-order chi connectivity index (χ0) is 20.9. The highest BCUT2D eigenvalue weighted by atomic mass is 79.9. The number of benzene rings is 2. The molecule has 0 unspecified atom stereocenters. The van der Waals surface area contributed by atoms with Crippen LogP contribution in [-0.2, 0) is 13.2 Å². The van der Waals surface area contributed by atoms with Crippen molar-refractivity contribution >= 4 is 39.1 Å². The number of nitrogens with one attached hydrogen (secondary N) is 1. The lowest BCUT2D eigenvalue weighted by Gasteiger charge is -2.05. The Morgan fingerprint density at radius 3 is 2.73 bits per heavy atom. The largest absolute Gasteiger partial charge is 0.484 e. The molecule has 0 bridgehead atoms. The van der Waals surface area contributed by atoms with Crippen LogP contribution in [0.1, 0.15) is 21.9 Å². The van der Waals surface area contributed by atoms with Crippen LogP contribution >= 0.6 is 27.5 Å². The van der Waals surface area contributed by atoms with Gasteiger partial charge in [-0.2, -0.15) is 5.10 Å². The van der Waals surface area contributed by atoms with Gasteiger partial charge in [0.05, 0.1) is 22.9 Å². The van der Waals surface area contributed by atoms with Gasteiger partial charge in [0, 0.05) is 11.2 Å². The summed E-state index contributed by atoms with van der Waals surface area (Å²) in [6, 6.07) is 18.4. The Bertz CT molecular complexity index is 1150. The van der Waals surface area contributed by atoms with Crippen molar-refractivity contribution in [1.29, 1.82) is 0 Å². The molecule has 2 aromatic carbocycles. The van der Waals surface area contributed by atoms with Crippen molar-refractivity contribution in [2.24, 2.45) is 0 Å². The summed E-state index contributed by atoms with van der Waals surface area (Å²) in [6.07, 6.45) is 3.35. The first-order valence-electron chi connectivity index (χ1n) is 9.11. The second-order valence-corrected chi connectivity index (χ2v) is 7.78. The molecule has 6 nitrogen and oxygen atoms in total. The van der Waals surface area contributed by atoms with E-state index in [9.17, 15) is 4.79 Å². The number of nitrogens with zero attached hydrogens (tertiary/aromatic N) is 2. The molecule has 0 saturated heterocycles. The Hall–Kier alpha value is -3.03. The number of rotatable bonds is 7. The summed E-state index contributed by atoms with van der Waals surface area (Å²) in [5.74, 6) is 1.10. The van der Waals surface area contributed by atoms with E-state index in [0.717, 1.165) is 10.0 Å². The van der Waals surface area contributed by atoms with Crippen LogP contribution in [0, 0.1) is 0 Å². The van der Waals surface area contributed by atoms with Crippen LogP contribution < -0.4 is 10.1 Å². The van der Waals surface area contributed by atoms with Crippen molar-refractivity contribution in [1.82, 2.24) is 9.78 Å². The minimum absolute atomic E-state index is 0.200. The Morgan fingerprint density at radius 2 is 1.93 bits per heavy atom. The Labute approximate surface area is 186 Å². The van der Waals surface area contributed by atoms with Gasteiger partial charge in [0.1, 0.15) is 18.1 Å². The number of anilines is 1. The molecule has 0 fully saturated rings. The molecule has 8 heteroatoms. The quantitative estimate of drug-likeness (QED) is 0.360. The molecule has 0 atom stereocenters. The van der Waals surface area contributed by atoms with Crippen molar-refractivity contribution < 1.29 is 13.9 Å². The number of furan rings is 1. The van der Waals surface area contributed by atoms with Crippen LogP contribution in [0.5, 0.6) is 5.75 Å². The monoisotopic (exact) mass is 485 g/mol. The van der Waals surface area contributed by atoms with Gasteiger partial charge in [-0.25, -0.2) is 0 Å². The van der Waals surface area contributed by atoms with Crippen molar-refractivity contribution in [2.75, 3.05) is 5.32 Å². The first kappa shape index (κ1) is 20.3. The molecule has 1 N–H and O–H groups in total. The zero-order valence-electron chi connectivity index (χ0n) is 15.7. The molecule has 0 aliphatic heterocycles. The van der Waals surface area contributed by atoms with E-state index in [0.29, 0.717) is 28.8 Å². The standard InChI is InChI=1S/C22H17BrClN3O3/c23-19-3-1-2-4-20(19)29-14-18-9-10-21(30-18)22(28)26-17-11-25-27(13-17)12-15-5-7-16(24)8-6-15/h1-11,13H,12,14H2,(H,26,28). The summed E-state index contributed by atoms with van der Waals surface area (Å²) in [4.78, 5) is 12.5. The van der Waals surface area contributed by atoms with Gasteiger partial charge in [-0.3, -0.25) is 9.48 Å². The fraction of sp³-hybridized carbons (Fsp3) is 0.0909. The second kappa shape index (κ2) is 9.19. The van der Waals surface area contributed by atoms with Gasteiger partial charge in [0.25, 0.3) is 5.91 Å². The highest BCUT2D eigenvalue weighted by Gasteiger charge is 2.13. The van der Waals surface area contributed by atoms with Crippen LogP contribution in [0.15, 0.2) is 81.9 Å². The van der Waals surface area contributed by atoms with Crippen LogP contribution in [0.4, 0.5) is 5.69 Å². The van der Waals surface area contributed by atoms with Gasteiger partial charge < -0.3 is 14.5 Å². The fourth-order valence-corrected chi connectivity index (χ4v) is 3.30. The number of para-hydroxylation sites is 1. The molecule has 0 radical (unpaired) electrons. The minimum atomic E-state index is -0.354. The molecule has 4 aromatic rings. The van der Waals surface area contributed by atoms with E-state index in [1.165, 1.54) is 0 Å². The van der Waals surface area contributed by atoms with E-state index < -0.39 is 0 Å². The maximum Gasteiger partial charge on any atom is 0.291 e. The van der Waals surface area contributed by atoms with Crippen LogP contribution in [0.25, 0.3) is 0 Å². The lowest BCUT2D eigenvalue weighted by atomic mass is 10.2. The van der Waals surface area contributed by atoms with Gasteiger partial charge in [-0.1, -0.05) is 35.9 Å². The Kier molecular flexibility index (Phi) is 6.21. The molecule has 0 spiro atoms. The summed E-state index contributed by atoms with van der Waals surface area (Å²) in [6.45, 7) is 0.791.